The molecule has 0 bridgehead atoms. The van der Waals surface area contributed by atoms with Gasteiger partial charge in [0.2, 0.25) is 5.91 Å². The molecule has 2 aromatic carbocycles. The molecule has 2 N–H and O–H groups in total. The van der Waals surface area contributed by atoms with Gasteiger partial charge >= 0.3 is 0 Å². The lowest BCUT2D eigenvalue weighted by molar-refractivity contribution is -0.116. The van der Waals surface area contributed by atoms with Gasteiger partial charge < -0.3 is 24.8 Å². The highest BCUT2D eigenvalue weighted by molar-refractivity contribution is 6.32. The predicted molar refractivity (Wildman–Crippen MR) is 163 cm³/mol. The molecule has 2 aromatic heterocycles. The van der Waals surface area contributed by atoms with Crippen LogP contribution in [-0.2, 0) is 11.8 Å². The predicted octanol–water partition coefficient (Wildman–Crippen LogP) is 6.06. The average Bonchev–Trinajstić information content (AvgIpc) is 3.28. The summed E-state index contributed by atoms with van der Waals surface area (Å²) in [5, 5.41) is 15.7. The van der Waals surface area contributed by atoms with Crippen molar-refractivity contribution >= 4 is 46.1 Å². The van der Waals surface area contributed by atoms with Gasteiger partial charge in [0.1, 0.15) is 23.3 Å². The fourth-order valence-corrected chi connectivity index (χ4v) is 4.15. The smallest absolute Gasteiger partial charge is 0.243 e. The molecular formula is C31H32ClN7O2. The number of nitrogens with one attached hydrogen (secondary N) is 2. The van der Waals surface area contributed by atoms with Crippen LogP contribution >= 0.6 is 11.6 Å². The third kappa shape index (κ3) is 7.72. The van der Waals surface area contributed by atoms with Crippen molar-refractivity contribution in [3.63, 3.8) is 0 Å². The highest BCUT2D eigenvalue weighted by Gasteiger charge is 2.13. The summed E-state index contributed by atoms with van der Waals surface area (Å²) in [7, 11) is 3.95. The Kier molecular flexibility index (Phi) is 9.74. The van der Waals surface area contributed by atoms with Gasteiger partial charge in [-0.1, -0.05) is 29.8 Å². The van der Waals surface area contributed by atoms with Gasteiger partial charge in [0, 0.05) is 43.6 Å². The van der Waals surface area contributed by atoms with Gasteiger partial charge in [-0.15, -0.1) is 0 Å². The zero-order valence-electron chi connectivity index (χ0n) is 23.4. The Bertz CT molecular complexity index is 1640. The molecule has 1 amide bonds. The molecule has 10 heteroatoms. The summed E-state index contributed by atoms with van der Waals surface area (Å²) in [5.41, 5.74) is 3.73. The first-order chi connectivity index (χ1) is 19.7. The molecule has 0 atom stereocenters. The number of aryl methyl sites for hydroxylation is 1. The van der Waals surface area contributed by atoms with Gasteiger partial charge in [0.05, 0.1) is 22.2 Å². The molecule has 41 heavy (non-hydrogen) atoms. The molecule has 0 spiro atoms. The Morgan fingerprint density at radius 2 is 2.02 bits per heavy atom. The molecule has 9 nitrogen and oxygen atoms in total. The van der Waals surface area contributed by atoms with Gasteiger partial charge in [-0.2, -0.15) is 5.26 Å². The molecule has 0 saturated heterocycles. The molecule has 0 aliphatic heterocycles. The molecule has 0 aliphatic rings. The topological polar surface area (TPSA) is 108 Å². The number of rotatable bonds is 11. The van der Waals surface area contributed by atoms with Crippen molar-refractivity contribution in [3.8, 4) is 17.6 Å². The lowest BCUT2D eigenvalue weighted by Gasteiger charge is -2.18. The van der Waals surface area contributed by atoms with Crippen LogP contribution in [0, 0.1) is 11.3 Å². The largest absolute Gasteiger partial charge is 0.456 e. The van der Waals surface area contributed by atoms with E-state index in [9.17, 15) is 4.79 Å². The number of carbonyl (C=O) groups is 1. The minimum atomic E-state index is -0.132. The summed E-state index contributed by atoms with van der Waals surface area (Å²) in [6.07, 6.45) is 8.76. The van der Waals surface area contributed by atoms with Gasteiger partial charge in [-0.25, -0.2) is 9.97 Å². The first-order valence-electron chi connectivity index (χ1n) is 13.1. The highest BCUT2D eigenvalue weighted by Crippen LogP contribution is 2.34. The van der Waals surface area contributed by atoms with Crippen LogP contribution in [0.15, 0.2) is 73.1 Å². The second kappa shape index (κ2) is 13.6. The molecule has 0 fully saturated rings. The number of likely N-dealkylation sites (N-methyl/N-ethyl adjacent to an activating group) is 1. The number of aromatic nitrogens is 3. The van der Waals surface area contributed by atoms with Crippen molar-refractivity contribution in [3.05, 3.63) is 89.4 Å². The average molecular weight is 570 g/mol. The summed E-state index contributed by atoms with van der Waals surface area (Å²) < 4.78 is 7.85. The fourth-order valence-electron chi connectivity index (χ4n) is 3.94. The van der Waals surface area contributed by atoms with E-state index >= 15 is 0 Å². The number of amides is 1. The zero-order valence-corrected chi connectivity index (χ0v) is 24.2. The van der Waals surface area contributed by atoms with E-state index in [4.69, 9.17) is 21.6 Å². The molecule has 0 radical (unpaired) electrons. The lowest BCUT2D eigenvalue weighted by Crippen LogP contribution is -2.27. The van der Waals surface area contributed by atoms with Crippen LogP contribution in [0.3, 0.4) is 0 Å². The number of nitrogens with zero attached hydrogens (tertiary/aromatic N) is 5. The van der Waals surface area contributed by atoms with E-state index in [1.165, 1.54) is 6.33 Å². The Balaban J connectivity index is 1.42. The van der Waals surface area contributed by atoms with Crippen LogP contribution in [0.4, 0.5) is 11.5 Å². The highest BCUT2D eigenvalue weighted by atomic mass is 35.5. The van der Waals surface area contributed by atoms with Crippen molar-refractivity contribution in [1.82, 2.24) is 24.8 Å². The first kappa shape index (κ1) is 29.3. The molecule has 210 valence electrons. The minimum Gasteiger partial charge on any atom is -0.456 e. The van der Waals surface area contributed by atoms with Crippen molar-refractivity contribution in [1.29, 1.82) is 5.26 Å². The fraction of sp³-hybridized carbons (Fsp3) is 0.226. The van der Waals surface area contributed by atoms with Crippen molar-refractivity contribution in [2.75, 3.05) is 25.5 Å². The quantitative estimate of drug-likeness (QED) is 0.211. The van der Waals surface area contributed by atoms with Crippen LogP contribution in [0.1, 0.15) is 25.1 Å². The molecule has 2 heterocycles. The Morgan fingerprint density at radius 1 is 1.20 bits per heavy atom. The van der Waals surface area contributed by atoms with E-state index in [1.807, 2.05) is 49.0 Å². The van der Waals surface area contributed by atoms with Gasteiger partial charge in [0.15, 0.2) is 5.82 Å². The Morgan fingerprint density at radius 3 is 2.78 bits per heavy atom. The standard InChI is InChI=1S/C31H32ClN7O2/c1-21(2)38(3)15-7-11-29(40)34-14-6-9-24-18-27-30(39(24)4)31(36-20-35-27)37-23-12-13-28(26(32)17-23)41-25-10-5-8-22(16-25)19-33/h5-13,16-18,20-21H,14-15H2,1-4H3,(H,34,40)(H,35,36,37). The normalized spacial score (nSPS) is 11.6. The third-order valence-electron chi connectivity index (χ3n) is 6.47. The molecular weight excluding hydrogens is 538 g/mol. The number of hydrogen-bond acceptors (Lipinski definition) is 7. The Hall–Kier alpha value is -4.65. The van der Waals surface area contributed by atoms with Crippen LogP contribution in [0.5, 0.6) is 11.5 Å². The second-order valence-corrected chi connectivity index (χ2v) is 10.1. The summed E-state index contributed by atoms with van der Waals surface area (Å²) >= 11 is 6.51. The molecule has 4 aromatic rings. The molecule has 4 rings (SSSR count). The van der Waals surface area contributed by atoms with Gasteiger partial charge in [-0.3, -0.25) is 4.79 Å². The van der Waals surface area contributed by atoms with Gasteiger partial charge in [-0.05, 0) is 69.4 Å². The van der Waals surface area contributed by atoms with Crippen LogP contribution in [0.25, 0.3) is 17.1 Å². The van der Waals surface area contributed by atoms with E-state index in [0.717, 1.165) is 29.0 Å². The van der Waals surface area contributed by atoms with Crippen molar-refractivity contribution < 1.29 is 9.53 Å². The maximum Gasteiger partial charge on any atom is 0.243 e. The van der Waals surface area contributed by atoms with Crippen molar-refractivity contribution in [2.24, 2.45) is 7.05 Å². The number of anilines is 2. The van der Waals surface area contributed by atoms with E-state index in [0.29, 0.717) is 40.5 Å². The number of benzene rings is 2. The number of hydrogen-bond donors (Lipinski definition) is 2. The minimum absolute atomic E-state index is 0.132. The lowest BCUT2D eigenvalue weighted by atomic mass is 10.2. The number of ether oxygens (including phenoxy) is 1. The van der Waals surface area contributed by atoms with E-state index < -0.39 is 0 Å². The van der Waals surface area contributed by atoms with Gasteiger partial charge in [0.25, 0.3) is 0 Å². The maximum atomic E-state index is 12.1. The summed E-state index contributed by atoms with van der Waals surface area (Å²) in [6.45, 7) is 5.34. The number of halogens is 1. The maximum absolute atomic E-state index is 12.1. The third-order valence-corrected chi connectivity index (χ3v) is 6.77. The summed E-state index contributed by atoms with van der Waals surface area (Å²) in [5.74, 6) is 1.48. The molecule has 0 saturated carbocycles. The number of fused-ring (bicyclic) bond motifs is 1. The molecule has 0 unspecified atom stereocenters. The molecule has 0 aliphatic carbocycles. The summed E-state index contributed by atoms with van der Waals surface area (Å²) in [4.78, 5) is 23.1. The van der Waals surface area contributed by atoms with Crippen LogP contribution in [-0.4, -0.2) is 51.5 Å². The SMILES string of the molecule is CC(C)N(C)CC=CC(=O)NCC=Cc1cc2ncnc(Nc3ccc(Oc4cccc(C#N)c4)c(Cl)c3)c2n1C. The zero-order chi connectivity index (χ0) is 29.4. The van der Waals surface area contributed by atoms with Crippen LogP contribution in [0.2, 0.25) is 5.02 Å². The van der Waals surface area contributed by atoms with Crippen LogP contribution < -0.4 is 15.4 Å². The number of carbonyl (C=O) groups excluding carboxylic acids is 1. The summed E-state index contributed by atoms with van der Waals surface area (Å²) in [6, 6.07) is 16.7. The monoisotopic (exact) mass is 569 g/mol. The van der Waals surface area contributed by atoms with Crippen molar-refractivity contribution in [2.45, 2.75) is 19.9 Å². The van der Waals surface area contributed by atoms with E-state index in [1.54, 1.807) is 42.5 Å². The number of nitriles is 1. The van der Waals surface area contributed by atoms with E-state index in [2.05, 4.69) is 45.4 Å². The van der Waals surface area contributed by atoms with E-state index in [-0.39, 0.29) is 5.91 Å². The first-order valence-corrected chi connectivity index (χ1v) is 13.5. The second-order valence-electron chi connectivity index (χ2n) is 9.68. The Labute approximate surface area is 244 Å².